The van der Waals surface area contributed by atoms with Crippen LogP contribution < -0.4 is 4.74 Å². The number of methoxy groups -OCH3 is 1. The normalized spacial score (nSPS) is 25.5. The fourth-order valence-electron chi connectivity index (χ4n) is 1.73. The molecule has 0 bridgehead atoms. The summed E-state index contributed by atoms with van der Waals surface area (Å²) in [4.78, 5) is 0. The third-order valence-corrected chi connectivity index (χ3v) is 4.18. The minimum absolute atomic E-state index is 0.579. The number of aliphatic hydroxyl groups is 1. The Morgan fingerprint density at radius 2 is 2.33 bits per heavy atom. The van der Waals surface area contributed by atoms with Crippen molar-refractivity contribution >= 4 is 23.4 Å². The standard InChI is InChI=1S/C11H13ClO2S/c1-14-10-6-8(2-3-9(10)12)11(13)4-5-15-7-11/h2-3,6,13H,4-5,7H2,1H3. The molecule has 1 unspecified atom stereocenters. The molecule has 0 saturated carbocycles. The number of ether oxygens (including phenoxy) is 1. The van der Waals surface area contributed by atoms with Gasteiger partial charge in [0.25, 0.3) is 0 Å². The topological polar surface area (TPSA) is 29.5 Å². The highest BCUT2D eigenvalue weighted by molar-refractivity contribution is 7.99. The lowest BCUT2D eigenvalue weighted by atomic mass is 9.93. The zero-order chi connectivity index (χ0) is 10.9. The van der Waals surface area contributed by atoms with Crippen LogP contribution in [0.2, 0.25) is 5.02 Å². The molecule has 1 heterocycles. The summed E-state index contributed by atoms with van der Waals surface area (Å²) in [5.74, 6) is 2.37. The van der Waals surface area contributed by atoms with Crippen molar-refractivity contribution in [2.75, 3.05) is 18.6 Å². The van der Waals surface area contributed by atoms with Crippen molar-refractivity contribution in [3.05, 3.63) is 28.8 Å². The van der Waals surface area contributed by atoms with E-state index in [2.05, 4.69) is 0 Å². The minimum Gasteiger partial charge on any atom is -0.495 e. The van der Waals surface area contributed by atoms with Gasteiger partial charge in [0.05, 0.1) is 17.7 Å². The van der Waals surface area contributed by atoms with Gasteiger partial charge in [-0.2, -0.15) is 11.8 Å². The summed E-state index contributed by atoms with van der Waals surface area (Å²) >= 11 is 7.71. The van der Waals surface area contributed by atoms with Gasteiger partial charge in [0.15, 0.2) is 0 Å². The maximum absolute atomic E-state index is 10.4. The largest absolute Gasteiger partial charge is 0.495 e. The van der Waals surface area contributed by atoms with Crippen molar-refractivity contribution in [3.63, 3.8) is 0 Å². The van der Waals surface area contributed by atoms with E-state index in [1.165, 1.54) is 0 Å². The molecular formula is C11H13ClO2S. The molecule has 0 aromatic heterocycles. The van der Waals surface area contributed by atoms with Gasteiger partial charge in [-0.1, -0.05) is 17.7 Å². The molecular weight excluding hydrogens is 232 g/mol. The van der Waals surface area contributed by atoms with Crippen LogP contribution in [0.15, 0.2) is 18.2 Å². The molecule has 1 aromatic rings. The fraction of sp³-hybridized carbons (Fsp3) is 0.455. The average molecular weight is 245 g/mol. The SMILES string of the molecule is COc1cc(C2(O)CCSC2)ccc1Cl. The van der Waals surface area contributed by atoms with Gasteiger partial charge in [0.2, 0.25) is 0 Å². The summed E-state index contributed by atoms with van der Waals surface area (Å²) in [5, 5.41) is 10.9. The molecule has 1 fully saturated rings. The number of halogens is 1. The second-order valence-electron chi connectivity index (χ2n) is 3.68. The molecule has 1 aromatic carbocycles. The van der Waals surface area contributed by atoms with Crippen LogP contribution in [-0.4, -0.2) is 23.7 Å². The predicted molar refractivity (Wildman–Crippen MR) is 63.8 cm³/mol. The lowest BCUT2D eigenvalue weighted by Crippen LogP contribution is -2.24. The molecule has 0 aliphatic carbocycles. The predicted octanol–water partition coefficient (Wildman–Crippen LogP) is 2.67. The molecule has 1 N–H and O–H groups in total. The zero-order valence-corrected chi connectivity index (χ0v) is 10.1. The molecule has 1 atom stereocenters. The van der Waals surface area contributed by atoms with Crippen LogP contribution >= 0.6 is 23.4 Å². The first-order valence-corrected chi connectivity index (χ1v) is 6.33. The van der Waals surface area contributed by atoms with E-state index in [1.807, 2.05) is 12.1 Å². The quantitative estimate of drug-likeness (QED) is 0.868. The Morgan fingerprint density at radius 1 is 1.53 bits per heavy atom. The number of hydrogen-bond donors (Lipinski definition) is 1. The van der Waals surface area contributed by atoms with Crippen LogP contribution in [-0.2, 0) is 5.60 Å². The van der Waals surface area contributed by atoms with E-state index in [4.69, 9.17) is 16.3 Å². The lowest BCUT2D eigenvalue weighted by Gasteiger charge is -2.22. The zero-order valence-electron chi connectivity index (χ0n) is 8.50. The smallest absolute Gasteiger partial charge is 0.137 e. The van der Waals surface area contributed by atoms with Crippen LogP contribution in [0.25, 0.3) is 0 Å². The Labute approximate surface area is 98.6 Å². The Hall–Kier alpha value is -0.380. The maximum Gasteiger partial charge on any atom is 0.137 e. The van der Waals surface area contributed by atoms with E-state index in [0.717, 1.165) is 23.5 Å². The summed E-state index contributed by atoms with van der Waals surface area (Å²) in [6.45, 7) is 0. The second-order valence-corrected chi connectivity index (χ2v) is 5.20. The molecule has 15 heavy (non-hydrogen) atoms. The highest BCUT2D eigenvalue weighted by atomic mass is 35.5. The Kier molecular flexibility index (Phi) is 3.14. The summed E-state index contributed by atoms with van der Waals surface area (Å²) in [7, 11) is 1.58. The number of hydrogen-bond acceptors (Lipinski definition) is 3. The van der Waals surface area contributed by atoms with Crippen molar-refractivity contribution < 1.29 is 9.84 Å². The third kappa shape index (κ3) is 2.10. The third-order valence-electron chi connectivity index (χ3n) is 2.69. The monoisotopic (exact) mass is 244 g/mol. The highest BCUT2D eigenvalue weighted by Gasteiger charge is 2.34. The number of rotatable bonds is 2. The molecule has 4 heteroatoms. The Balaban J connectivity index is 2.36. The number of thioether (sulfide) groups is 1. The van der Waals surface area contributed by atoms with Gasteiger partial charge in [0, 0.05) is 5.75 Å². The Bertz CT molecular complexity index is 362. The first-order valence-electron chi connectivity index (χ1n) is 4.80. The molecule has 1 saturated heterocycles. The lowest BCUT2D eigenvalue weighted by molar-refractivity contribution is 0.0655. The van der Waals surface area contributed by atoms with E-state index in [-0.39, 0.29) is 0 Å². The van der Waals surface area contributed by atoms with Crippen molar-refractivity contribution in [1.29, 1.82) is 0 Å². The molecule has 82 valence electrons. The van der Waals surface area contributed by atoms with E-state index >= 15 is 0 Å². The van der Waals surface area contributed by atoms with Crippen LogP contribution in [0.4, 0.5) is 0 Å². The summed E-state index contributed by atoms with van der Waals surface area (Å²) < 4.78 is 5.14. The molecule has 0 spiro atoms. The van der Waals surface area contributed by atoms with Gasteiger partial charge < -0.3 is 9.84 Å². The van der Waals surface area contributed by atoms with Gasteiger partial charge in [0.1, 0.15) is 5.75 Å². The molecule has 2 nitrogen and oxygen atoms in total. The van der Waals surface area contributed by atoms with Crippen molar-refractivity contribution in [1.82, 2.24) is 0 Å². The fourth-order valence-corrected chi connectivity index (χ4v) is 3.20. The molecule has 1 aliphatic heterocycles. The van der Waals surface area contributed by atoms with Crippen molar-refractivity contribution in [3.8, 4) is 5.75 Å². The van der Waals surface area contributed by atoms with Crippen molar-refractivity contribution in [2.24, 2.45) is 0 Å². The minimum atomic E-state index is -0.706. The average Bonchev–Trinajstić information content (AvgIpc) is 2.67. The first kappa shape index (κ1) is 11.1. The van der Waals surface area contributed by atoms with E-state index < -0.39 is 5.60 Å². The van der Waals surface area contributed by atoms with Crippen LogP contribution in [0.3, 0.4) is 0 Å². The van der Waals surface area contributed by atoms with Crippen LogP contribution in [0, 0.1) is 0 Å². The summed E-state index contributed by atoms with van der Waals surface area (Å²) in [6.07, 6.45) is 0.794. The first-order chi connectivity index (χ1) is 7.15. The molecule has 2 rings (SSSR count). The van der Waals surface area contributed by atoms with Gasteiger partial charge in [-0.15, -0.1) is 0 Å². The van der Waals surface area contributed by atoms with Gasteiger partial charge in [-0.05, 0) is 29.9 Å². The van der Waals surface area contributed by atoms with Gasteiger partial charge in [-0.25, -0.2) is 0 Å². The summed E-state index contributed by atoms with van der Waals surface area (Å²) in [6, 6.07) is 5.47. The summed E-state index contributed by atoms with van der Waals surface area (Å²) in [5.41, 5.74) is 0.191. The highest BCUT2D eigenvalue weighted by Crippen LogP contribution is 2.39. The van der Waals surface area contributed by atoms with Crippen LogP contribution in [0.5, 0.6) is 5.75 Å². The number of benzene rings is 1. The molecule has 0 radical (unpaired) electrons. The van der Waals surface area contributed by atoms with Gasteiger partial charge in [-0.3, -0.25) is 0 Å². The van der Waals surface area contributed by atoms with E-state index in [9.17, 15) is 5.11 Å². The second kappa shape index (κ2) is 4.24. The van der Waals surface area contributed by atoms with Gasteiger partial charge >= 0.3 is 0 Å². The van der Waals surface area contributed by atoms with E-state index in [0.29, 0.717) is 10.8 Å². The molecule has 1 aliphatic rings. The molecule has 0 amide bonds. The van der Waals surface area contributed by atoms with Crippen molar-refractivity contribution in [2.45, 2.75) is 12.0 Å². The Morgan fingerprint density at radius 3 is 2.93 bits per heavy atom. The van der Waals surface area contributed by atoms with E-state index in [1.54, 1.807) is 24.9 Å². The van der Waals surface area contributed by atoms with Crippen LogP contribution in [0.1, 0.15) is 12.0 Å². The maximum atomic E-state index is 10.4.